The molecule has 3 unspecified atom stereocenters. The average Bonchev–Trinajstić information content (AvgIpc) is 2.11. The standard InChI is InChI=1S/C8H14N2/c1-2-10-4-7-3-6(1)8(5-10)9-7/h6-9H,1-5H2/t6?,7?,8-/m0/s1. The van der Waals surface area contributed by atoms with E-state index in [9.17, 15) is 0 Å². The Kier molecular flexibility index (Phi) is 0.968. The predicted octanol–water partition coefficient (Wildman–Crippen LogP) is 0.0524. The monoisotopic (exact) mass is 138 g/mol. The highest BCUT2D eigenvalue weighted by molar-refractivity contribution is 5.01. The second kappa shape index (κ2) is 1.74. The van der Waals surface area contributed by atoms with E-state index in [2.05, 4.69) is 10.2 Å². The smallest absolute Gasteiger partial charge is 0.0227 e. The van der Waals surface area contributed by atoms with E-state index in [1.165, 1.54) is 32.5 Å². The number of hydrogen-bond acceptors (Lipinski definition) is 2. The molecule has 0 amide bonds. The molecular formula is C8H14N2. The summed E-state index contributed by atoms with van der Waals surface area (Å²) in [6, 6.07) is 1.72. The maximum Gasteiger partial charge on any atom is 0.0227 e. The van der Waals surface area contributed by atoms with Crippen molar-refractivity contribution >= 4 is 0 Å². The first kappa shape index (κ1) is 5.56. The summed E-state index contributed by atoms with van der Waals surface area (Å²) >= 11 is 0. The minimum absolute atomic E-state index is 0.853. The minimum Gasteiger partial charge on any atom is -0.308 e. The SMILES string of the molecule is C1CN2CC3CC1[C@H](C2)N3. The number of fused-ring (bicyclic) bond motifs is 2. The Morgan fingerprint density at radius 2 is 2.30 bits per heavy atom. The summed E-state index contributed by atoms with van der Waals surface area (Å²) in [7, 11) is 0. The van der Waals surface area contributed by atoms with Crippen LogP contribution in [0.2, 0.25) is 0 Å². The molecule has 3 aliphatic heterocycles. The molecule has 0 aromatic heterocycles. The van der Waals surface area contributed by atoms with Crippen LogP contribution < -0.4 is 5.32 Å². The fraction of sp³-hybridized carbons (Fsp3) is 1.00. The zero-order valence-electron chi connectivity index (χ0n) is 6.21. The van der Waals surface area contributed by atoms with Crippen molar-refractivity contribution in [2.24, 2.45) is 5.92 Å². The summed E-state index contributed by atoms with van der Waals surface area (Å²) in [6.45, 7) is 4.04. The van der Waals surface area contributed by atoms with Crippen LogP contribution in [0.5, 0.6) is 0 Å². The molecule has 3 aliphatic rings. The molecule has 3 heterocycles. The van der Waals surface area contributed by atoms with Gasteiger partial charge in [0, 0.05) is 25.2 Å². The molecule has 1 N–H and O–H groups in total. The van der Waals surface area contributed by atoms with Gasteiger partial charge in [-0.1, -0.05) is 0 Å². The Morgan fingerprint density at radius 1 is 1.30 bits per heavy atom. The molecule has 0 spiro atoms. The average molecular weight is 138 g/mol. The zero-order valence-corrected chi connectivity index (χ0v) is 6.21. The van der Waals surface area contributed by atoms with E-state index in [0.29, 0.717) is 0 Å². The molecule has 10 heavy (non-hydrogen) atoms. The van der Waals surface area contributed by atoms with Crippen LogP contribution >= 0.6 is 0 Å². The molecule has 2 nitrogen and oxygen atoms in total. The fourth-order valence-corrected chi connectivity index (χ4v) is 2.88. The third-order valence-corrected chi connectivity index (χ3v) is 3.36. The summed E-state index contributed by atoms with van der Waals surface area (Å²) < 4.78 is 0. The van der Waals surface area contributed by atoms with Crippen molar-refractivity contribution in [3.05, 3.63) is 0 Å². The van der Waals surface area contributed by atoms with Crippen LogP contribution in [-0.2, 0) is 0 Å². The van der Waals surface area contributed by atoms with Crippen LogP contribution in [0.3, 0.4) is 0 Å². The van der Waals surface area contributed by atoms with Crippen LogP contribution in [0.1, 0.15) is 12.8 Å². The summed E-state index contributed by atoms with van der Waals surface area (Å²) in [5.74, 6) is 1.03. The Labute approximate surface area is 61.6 Å². The van der Waals surface area contributed by atoms with E-state index in [0.717, 1.165) is 18.0 Å². The highest BCUT2D eigenvalue weighted by Crippen LogP contribution is 2.33. The van der Waals surface area contributed by atoms with Gasteiger partial charge in [0.25, 0.3) is 0 Å². The molecule has 3 saturated heterocycles. The van der Waals surface area contributed by atoms with Gasteiger partial charge in [0.15, 0.2) is 0 Å². The van der Waals surface area contributed by atoms with Gasteiger partial charge in [-0.3, -0.25) is 0 Å². The molecule has 3 fully saturated rings. The molecule has 0 aliphatic carbocycles. The van der Waals surface area contributed by atoms with Crippen LogP contribution in [0.4, 0.5) is 0 Å². The quantitative estimate of drug-likeness (QED) is 0.509. The third kappa shape index (κ3) is 0.611. The molecule has 56 valence electrons. The van der Waals surface area contributed by atoms with Gasteiger partial charge in [-0.15, -0.1) is 0 Å². The second-order valence-electron chi connectivity index (χ2n) is 4.01. The molecule has 0 aromatic carbocycles. The molecule has 3 bridgehead atoms. The van der Waals surface area contributed by atoms with E-state index in [1.54, 1.807) is 0 Å². The predicted molar refractivity (Wildman–Crippen MR) is 39.9 cm³/mol. The summed E-state index contributed by atoms with van der Waals surface area (Å²) in [6.07, 6.45) is 2.91. The van der Waals surface area contributed by atoms with Gasteiger partial charge in [-0.25, -0.2) is 0 Å². The summed E-state index contributed by atoms with van der Waals surface area (Å²) in [5.41, 5.74) is 0. The number of piperidine rings is 1. The van der Waals surface area contributed by atoms with Crippen molar-refractivity contribution in [1.29, 1.82) is 0 Å². The number of nitrogens with zero attached hydrogens (tertiary/aromatic N) is 1. The number of rotatable bonds is 0. The normalized spacial score (nSPS) is 57.6. The summed E-state index contributed by atoms with van der Waals surface area (Å²) in [5, 5.41) is 3.68. The molecule has 4 atom stereocenters. The van der Waals surface area contributed by atoms with Gasteiger partial charge in [0.1, 0.15) is 0 Å². The molecule has 0 saturated carbocycles. The lowest BCUT2D eigenvalue weighted by Crippen LogP contribution is -2.54. The van der Waals surface area contributed by atoms with Crippen molar-refractivity contribution in [1.82, 2.24) is 10.2 Å². The van der Waals surface area contributed by atoms with Crippen molar-refractivity contribution in [3.8, 4) is 0 Å². The molecule has 3 rings (SSSR count). The maximum atomic E-state index is 3.68. The highest BCUT2D eigenvalue weighted by atomic mass is 15.3. The van der Waals surface area contributed by atoms with Crippen molar-refractivity contribution in [3.63, 3.8) is 0 Å². The Hall–Kier alpha value is -0.0800. The van der Waals surface area contributed by atoms with E-state index in [1.807, 2.05) is 0 Å². The lowest BCUT2D eigenvalue weighted by molar-refractivity contribution is 0.146. The fourth-order valence-electron chi connectivity index (χ4n) is 2.88. The van der Waals surface area contributed by atoms with E-state index in [4.69, 9.17) is 0 Å². The van der Waals surface area contributed by atoms with Gasteiger partial charge in [-0.2, -0.15) is 0 Å². The second-order valence-corrected chi connectivity index (χ2v) is 4.01. The molecule has 0 radical (unpaired) electrons. The molecular weight excluding hydrogens is 124 g/mol. The first-order chi connectivity index (χ1) is 4.92. The van der Waals surface area contributed by atoms with Crippen molar-refractivity contribution in [2.45, 2.75) is 24.9 Å². The van der Waals surface area contributed by atoms with Gasteiger partial charge in [-0.05, 0) is 25.3 Å². The van der Waals surface area contributed by atoms with Crippen LogP contribution in [-0.4, -0.2) is 36.6 Å². The lowest BCUT2D eigenvalue weighted by atomic mass is 9.94. The van der Waals surface area contributed by atoms with E-state index < -0.39 is 0 Å². The van der Waals surface area contributed by atoms with E-state index >= 15 is 0 Å². The topological polar surface area (TPSA) is 15.3 Å². The Morgan fingerprint density at radius 3 is 3.30 bits per heavy atom. The Bertz CT molecular complexity index is 147. The Balaban J connectivity index is 1.94. The van der Waals surface area contributed by atoms with Crippen LogP contribution in [0, 0.1) is 5.92 Å². The van der Waals surface area contributed by atoms with Gasteiger partial charge >= 0.3 is 0 Å². The zero-order chi connectivity index (χ0) is 6.55. The largest absolute Gasteiger partial charge is 0.308 e. The number of hydrogen-bond donors (Lipinski definition) is 1. The van der Waals surface area contributed by atoms with Crippen molar-refractivity contribution in [2.75, 3.05) is 19.6 Å². The van der Waals surface area contributed by atoms with Gasteiger partial charge < -0.3 is 10.2 Å². The van der Waals surface area contributed by atoms with Crippen LogP contribution in [0.15, 0.2) is 0 Å². The van der Waals surface area contributed by atoms with E-state index in [-0.39, 0.29) is 0 Å². The first-order valence-corrected chi connectivity index (χ1v) is 4.40. The summed E-state index contributed by atoms with van der Waals surface area (Å²) in [4.78, 5) is 2.62. The van der Waals surface area contributed by atoms with Crippen LogP contribution in [0.25, 0.3) is 0 Å². The van der Waals surface area contributed by atoms with Crippen molar-refractivity contribution < 1.29 is 0 Å². The number of nitrogens with one attached hydrogen (secondary N) is 1. The first-order valence-electron chi connectivity index (χ1n) is 4.40. The lowest BCUT2D eigenvalue weighted by Gasteiger charge is -2.37. The molecule has 0 aromatic rings. The number of piperazine rings is 1. The third-order valence-electron chi connectivity index (χ3n) is 3.36. The maximum absolute atomic E-state index is 3.68. The van der Waals surface area contributed by atoms with Gasteiger partial charge in [0.2, 0.25) is 0 Å². The molecule has 2 heteroatoms. The highest BCUT2D eigenvalue weighted by Gasteiger charge is 2.42. The van der Waals surface area contributed by atoms with Gasteiger partial charge in [0.05, 0.1) is 0 Å². The minimum atomic E-state index is 0.853.